The maximum atomic E-state index is 13.5. The van der Waals surface area contributed by atoms with Crippen LogP contribution in [-0.4, -0.2) is 46.4 Å². The van der Waals surface area contributed by atoms with Gasteiger partial charge in [-0.25, -0.2) is 19.3 Å². The molecule has 3 heterocycles. The summed E-state index contributed by atoms with van der Waals surface area (Å²) in [5.74, 6) is 1.16. The van der Waals surface area contributed by atoms with Crippen LogP contribution in [0.5, 0.6) is 5.88 Å². The van der Waals surface area contributed by atoms with Gasteiger partial charge in [0.05, 0.1) is 16.8 Å². The van der Waals surface area contributed by atoms with Crippen molar-refractivity contribution >= 4 is 32.5 Å². The third-order valence-corrected chi connectivity index (χ3v) is 6.04. The quantitative estimate of drug-likeness (QED) is 0.723. The van der Waals surface area contributed by atoms with Crippen LogP contribution in [0.4, 0.5) is 15.3 Å². The summed E-state index contributed by atoms with van der Waals surface area (Å²) in [6.07, 6.45) is 4.86. The molecule has 0 spiro atoms. The highest BCUT2D eigenvalue weighted by atomic mass is 32.1. The summed E-state index contributed by atoms with van der Waals surface area (Å²) in [6, 6.07) is 8.49. The number of para-hydroxylation sites is 1. The van der Waals surface area contributed by atoms with Gasteiger partial charge in [-0.1, -0.05) is 23.5 Å². The van der Waals surface area contributed by atoms with Crippen LogP contribution >= 0.6 is 11.3 Å². The van der Waals surface area contributed by atoms with Crippen molar-refractivity contribution in [1.82, 2.24) is 15.0 Å². The number of halogens is 1. The number of nitrogens with one attached hydrogen (secondary N) is 1. The fourth-order valence-electron chi connectivity index (χ4n) is 3.57. The van der Waals surface area contributed by atoms with E-state index >= 15 is 0 Å². The highest BCUT2D eigenvalue weighted by Gasteiger charge is 2.33. The van der Waals surface area contributed by atoms with Crippen LogP contribution in [0.25, 0.3) is 10.2 Å². The zero-order chi connectivity index (χ0) is 18.2. The van der Waals surface area contributed by atoms with Gasteiger partial charge in [-0.15, -0.1) is 0 Å². The predicted molar refractivity (Wildman–Crippen MR) is 104 cm³/mol. The molecule has 0 radical (unpaired) electrons. The second-order valence-corrected chi connectivity index (χ2v) is 8.09. The van der Waals surface area contributed by atoms with E-state index < -0.39 is 6.17 Å². The Balaban J connectivity index is 1.19. The molecule has 0 amide bonds. The molecule has 1 unspecified atom stereocenters. The van der Waals surface area contributed by atoms with Crippen LogP contribution in [0.1, 0.15) is 19.3 Å². The predicted octanol–water partition coefficient (Wildman–Crippen LogP) is 3.66. The van der Waals surface area contributed by atoms with E-state index in [0.29, 0.717) is 37.3 Å². The summed E-state index contributed by atoms with van der Waals surface area (Å²) >= 11 is 1.67. The van der Waals surface area contributed by atoms with Gasteiger partial charge in [0, 0.05) is 37.8 Å². The highest BCUT2D eigenvalue weighted by molar-refractivity contribution is 7.22. The molecule has 0 bridgehead atoms. The summed E-state index contributed by atoms with van der Waals surface area (Å²) in [4.78, 5) is 15.2. The molecule has 1 N–H and O–H groups in total. The van der Waals surface area contributed by atoms with E-state index in [1.807, 2.05) is 23.1 Å². The monoisotopic (exact) mass is 385 g/mol. The van der Waals surface area contributed by atoms with Crippen molar-refractivity contribution in [2.24, 2.45) is 0 Å². The van der Waals surface area contributed by atoms with Crippen LogP contribution in [0.15, 0.2) is 36.7 Å². The van der Waals surface area contributed by atoms with Crippen molar-refractivity contribution in [1.29, 1.82) is 0 Å². The fourth-order valence-corrected chi connectivity index (χ4v) is 4.52. The number of rotatable bonds is 5. The molecule has 1 aliphatic heterocycles. The van der Waals surface area contributed by atoms with E-state index in [0.717, 1.165) is 23.5 Å². The number of benzene rings is 1. The molecule has 1 saturated heterocycles. The smallest absolute Gasteiger partial charge is 0.257 e. The first-order chi connectivity index (χ1) is 13.2. The first-order valence-electron chi connectivity index (χ1n) is 9.23. The largest absolute Gasteiger partial charge is 0.472 e. The Hall–Kier alpha value is -2.48. The molecule has 6 nitrogen and oxygen atoms in total. The van der Waals surface area contributed by atoms with Gasteiger partial charge in [-0.05, 0) is 18.6 Å². The first-order valence-corrected chi connectivity index (χ1v) is 10.0. The standard InChI is InChI=1S/C19H20FN5OS/c20-12-5-8-25(11-12)17-18(22-7-6-21-17)26-14-9-13(10-14)23-19-24-15-3-1-2-4-16(15)27-19/h1-4,6-7,12-14H,5,8-11H2,(H,23,24). The number of anilines is 2. The van der Waals surface area contributed by atoms with Crippen molar-refractivity contribution < 1.29 is 9.13 Å². The Morgan fingerprint density at radius 1 is 1.19 bits per heavy atom. The van der Waals surface area contributed by atoms with Gasteiger partial charge in [0.25, 0.3) is 5.88 Å². The van der Waals surface area contributed by atoms with Crippen molar-refractivity contribution in [3.05, 3.63) is 36.7 Å². The molecule has 2 aromatic heterocycles. The molecule has 1 aliphatic carbocycles. The summed E-state index contributed by atoms with van der Waals surface area (Å²) in [6.45, 7) is 1.02. The van der Waals surface area contributed by atoms with E-state index in [1.54, 1.807) is 23.7 Å². The minimum atomic E-state index is -0.800. The lowest BCUT2D eigenvalue weighted by molar-refractivity contribution is 0.103. The first kappa shape index (κ1) is 16.7. The molecule has 1 atom stereocenters. The molecular weight excluding hydrogens is 365 g/mol. The third-order valence-electron chi connectivity index (χ3n) is 5.07. The van der Waals surface area contributed by atoms with Crippen LogP contribution in [0, 0.1) is 0 Å². The second kappa shape index (κ2) is 6.92. The number of ether oxygens (including phenoxy) is 1. The van der Waals surface area contributed by atoms with Crippen LogP contribution < -0.4 is 15.0 Å². The average molecular weight is 385 g/mol. The zero-order valence-corrected chi connectivity index (χ0v) is 15.5. The molecule has 2 aliphatic rings. The molecule has 8 heteroatoms. The second-order valence-electron chi connectivity index (χ2n) is 7.06. The number of alkyl halides is 1. The Morgan fingerprint density at radius 2 is 2.04 bits per heavy atom. The van der Waals surface area contributed by atoms with E-state index in [2.05, 4.69) is 26.3 Å². The third kappa shape index (κ3) is 3.41. The molecule has 140 valence electrons. The molecule has 5 rings (SSSR count). The van der Waals surface area contributed by atoms with E-state index in [9.17, 15) is 4.39 Å². The van der Waals surface area contributed by atoms with Crippen molar-refractivity contribution in [2.75, 3.05) is 23.3 Å². The lowest BCUT2D eigenvalue weighted by atomic mass is 9.89. The lowest BCUT2D eigenvalue weighted by Gasteiger charge is -2.35. The number of hydrogen-bond donors (Lipinski definition) is 1. The van der Waals surface area contributed by atoms with Crippen molar-refractivity contribution in [2.45, 2.75) is 37.6 Å². The minimum Gasteiger partial charge on any atom is -0.472 e. The Kier molecular flexibility index (Phi) is 4.27. The van der Waals surface area contributed by atoms with Gasteiger partial charge < -0.3 is 15.0 Å². The van der Waals surface area contributed by atoms with Crippen molar-refractivity contribution in [3.8, 4) is 5.88 Å². The summed E-state index contributed by atoms with van der Waals surface area (Å²) in [5.41, 5.74) is 1.03. The number of hydrogen-bond acceptors (Lipinski definition) is 7. The Morgan fingerprint density at radius 3 is 2.85 bits per heavy atom. The van der Waals surface area contributed by atoms with Gasteiger partial charge in [-0.2, -0.15) is 0 Å². The molecule has 1 saturated carbocycles. The van der Waals surface area contributed by atoms with Crippen LogP contribution in [0.2, 0.25) is 0 Å². The molecular formula is C19H20FN5OS. The van der Waals surface area contributed by atoms with Crippen LogP contribution in [0.3, 0.4) is 0 Å². The van der Waals surface area contributed by atoms with E-state index in [1.165, 1.54) is 4.70 Å². The normalized spacial score (nSPS) is 24.8. The lowest BCUT2D eigenvalue weighted by Crippen LogP contribution is -2.43. The summed E-state index contributed by atoms with van der Waals surface area (Å²) < 4.78 is 20.8. The molecule has 3 aromatic rings. The van der Waals surface area contributed by atoms with Gasteiger partial charge >= 0.3 is 0 Å². The van der Waals surface area contributed by atoms with E-state index in [4.69, 9.17) is 4.74 Å². The summed E-state index contributed by atoms with van der Waals surface area (Å²) in [7, 11) is 0. The summed E-state index contributed by atoms with van der Waals surface area (Å²) in [5, 5.41) is 4.44. The number of fused-ring (bicyclic) bond motifs is 1. The number of nitrogens with zero attached hydrogens (tertiary/aromatic N) is 4. The van der Waals surface area contributed by atoms with Gasteiger partial charge in [0.1, 0.15) is 12.3 Å². The Bertz CT molecular complexity index is 912. The number of aromatic nitrogens is 3. The highest BCUT2D eigenvalue weighted by Crippen LogP contribution is 2.34. The molecule has 27 heavy (non-hydrogen) atoms. The minimum absolute atomic E-state index is 0.0936. The average Bonchev–Trinajstić information content (AvgIpc) is 3.26. The van der Waals surface area contributed by atoms with Crippen molar-refractivity contribution in [3.63, 3.8) is 0 Å². The van der Waals surface area contributed by atoms with Gasteiger partial charge in [0.2, 0.25) is 0 Å². The molecule has 2 fully saturated rings. The molecule has 1 aromatic carbocycles. The topological polar surface area (TPSA) is 63.2 Å². The number of thiazole rings is 1. The Labute approximate surface area is 160 Å². The SMILES string of the molecule is FC1CCN(c2nccnc2OC2CC(Nc3nc4ccccc4s3)C2)C1. The fraction of sp³-hybridized carbons (Fsp3) is 0.421. The van der Waals surface area contributed by atoms with Gasteiger partial charge in [-0.3, -0.25) is 0 Å². The maximum Gasteiger partial charge on any atom is 0.257 e. The van der Waals surface area contributed by atoms with E-state index in [-0.39, 0.29) is 6.10 Å². The maximum absolute atomic E-state index is 13.5. The van der Waals surface area contributed by atoms with Gasteiger partial charge in [0.15, 0.2) is 10.9 Å². The zero-order valence-electron chi connectivity index (χ0n) is 14.7. The van der Waals surface area contributed by atoms with Crippen LogP contribution in [-0.2, 0) is 0 Å².